The van der Waals surface area contributed by atoms with Gasteiger partial charge in [0.1, 0.15) is 5.82 Å². The number of hydrogen-bond acceptors (Lipinski definition) is 6. The predicted octanol–water partition coefficient (Wildman–Crippen LogP) is 2.35. The van der Waals surface area contributed by atoms with E-state index in [1.165, 1.54) is 16.4 Å². The molecule has 0 radical (unpaired) electrons. The zero-order valence-corrected chi connectivity index (χ0v) is 21.3. The summed E-state index contributed by atoms with van der Waals surface area (Å²) in [5.74, 6) is -0.304. The highest BCUT2D eigenvalue weighted by Gasteiger charge is 2.30. The normalized spacial score (nSPS) is 15.1. The maximum Gasteiger partial charge on any atom is 0.321 e. The molecule has 36 heavy (non-hydrogen) atoms. The van der Waals surface area contributed by atoms with Crippen LogP contribution in [0.5, 0.6) is 0 Å². The number of carbonyl (C=O) groups excluding carboxylic acids is 1. The van der Waals surface area contributed by atoms with Crippen molar-refractivity contribution in [3.05, 3.63) is 54.3 Å². The lowest BCUT2D eigenvalue weighted by molar-refractivity contribution is 0.0942. The van der Waals surface area contributed by atoms with Gasteiger partial charge >= 0.3 is 6.03 Å². The highest BCUT2D eigenvalue weighted by molar-refractivity contribution is 7.89. The number of amides is 2. The standard InChI is InChI=1S/C25H35FN4O5S/c1-29(25(32)28-23-7-5-20(6-8-23)21-3-2-4-22(26)19-21)24-9-13-30(14-10-24)36(33,34)18-12-27-11-16-35-17-15-31/h2-8,19,24,27,31H,9-18H2,1H3,(H,28,32). The summed E-state index contributed by atoms with van der Waals surface area (Å²) >= 11 is 0. The number of sulfonamides is 1. The van der Waals surface area contributed by atoms with Crippen molar-refractivity contribution in [1.82, 2.24) is 14.5 Å². The van der Waals surface area contributed by atoms with Crippen molar-refractivity contribution >= 4 is 21.7 Å². The third-order valence-electron chi connectivity index (χ3n) is 6.17. The first kappa shape index (κ1) is 28.0. The van der Waals surface area contributed by atoms with E-state index in [9.17, 15) is 17.6 Å². The summed E-state index contributed by atoms with van der Waals surface area (Å²) in [5.41, 5.74) is 2.23. The van der Waals surface area contributed by atoms with Crippen molar-refractivity contribution in [3.8, 4) is 11.1 Å². The average molecular weight is 523 g/mol. The Morgan fingerprint density at radius 2 is 1.83 bits per heavy atom. The van der Waals surface area contributed by atoms with Gasteiger partial charge in [-0.25, -0.2) is 21.9 Å². The topological polar surface area (TPSA) is 111 Å². The number of benzene rings is 2. The molecule has 0 aromatic heterocycles. The molecule has 0 atom stereocenters. The molecule has 1 heterocycles. The first-order valence-corrected chi connectivity index (χ1v) is 13.7. The van der Waals surface area contributed by atoms with Crippen LogP contribution in [0.4, 0.5) is 14.9 Å². The molecule has 11 heteroatoms. The molecule has 198 valence electrons. The molecule has 1 aliphatic heterocycles. The van der Waals surface area contributed by atoms with Gasteiger partial charge in [0.15, 0.2) is 0 Å². The van der Waals surface area contributed by atoms with Crippen LogP contribution in [0.25, 0.3) is 11.1 Å². The second-order valence-electron chi connectivity index (χ2n) is 8.66. The van der Waals surface area contributed by atoms with Crippen molar-refractivity contribution < 1.29 is 27.4 Å². The number of carbonyl (C=O) groups is 1. The summed E-state index contributed by atoms with van der Waals surface area (Å²) in [6.45, 7) is 2.23. The Kier molecular flexibility index (Phi) is 10.6. The van der Waals surface area contributed by atoms with E-state index >= 15 is 0 Å². The van der Waals surface area contributed by atoms with Crippen LogP contribution >= 0.6 is 0 Å². The molecule has 2 aromatic carbocycles. The number of nitrogens with zero attached hydrogens (tertiary/aromatic N) is 2. The minimum absolute atomic E-state index is 0.000387. The quantitative estimate of drug-likeness (QED) is 0.369. The fourth-order valence-corrected chi connectivity index (χ4v) is 5.49. The molecule has 1 saturated heterocycles. The van der Waals surface area contributed by atoms with Gasteiger partial charge in [0.2, 0.25) is 10.0 Å². The molecule has 1 fully saturated rings. The number of nitrogens with one attached hydrogen (secondary N) is 2. The Bertz CT molecular complexity index is 1080. The predicted molar refractivity (Wildman–Crippen MR) is 138 cm³/mol. The first-order chi connectivity index (χ1) is 17.3. The van der Waals surface area contributed by atoms with E-state index in [4.69, 9.17) is 9.84 Å². The number of piperidine rings is 1. The SMILES string of the molecule is CN(C(=O)Nc1ccc(-c2cccc(F)c2)cc1)C1CCN(S(=O)(=O)CCNCCOCCO)CC1. The van der Waals surface area contributed by atoms with Crippen LogP contribution in [-0.2, 0) is 14.8 Å². The second kappa shape index (κ2) is 13.7. The third-order valence-corrected chi connectivity index (χ3v) is 8.05. The summed E-state index contributed by atoms with van der Waals surface area (Å²) in [6, 6.07) is 13.2. The Hall–Kier alpha value is -2.57. The van der Waals surface area contributed by atoms with Gasteiger partial charge in [-0.3, -0.25) is 0 Å². The number of aliphatic hydroxyl groups is 1. The van der Waals surface area contributed by atoms with Gasteiger partial charge < -0.3 is 25.4 Å². The van der Waals surface area contributed by atoms with Gasteiger partial charge in [-0.1, -0.05) is 24.3 Å². The lowest BCUT2D eigenvalue weighted by Crippen LogP contribution is -2.49. The van der Waals surface area contributed by atoms with Crippen LogP contribution in [0.15, 0.2) is 48.5 Å². The number of anilines is 1. The number of hydrogen-bond donors (Lipinski definition) is 3. The number of rotatable bonds is 12. The molecule has 0 unspecified atom stereocenters. The summed E-state index contributed by atoms with van der Waals surface area (Å²) in [7, 11) is -1.66. The maximum absolute atomic E-state index is 13.5. The highest BCUT2D eigenvalue weighted by atomic mass is 32.2. The minimum Gasteiger partial charge on any atom is -0.394 e. The average Bonchev–Trinajstić information content (AvgIpc) is 2.88. The van der Waals surface area contributed by atoms with Crippen molar-refractivity contribution in [2.45, 2.75) is 18.9 Å². The van der Waals surface area contributed by atoms with Gasteiger partial charge in [-0.2, -0.15) is 0 Å². The Labute approximate surface area is 212 Å². The molecule has 1 aliphatic rings. The number of urea groups is 1. The van der Waals surface area contributed by atoms with Crippen LogP contribution in [0.1, 0.15) is 12.8 Å². The molecule has 0 spiro atoms. The molecule has 9 nitrogen and oxygen atoms in total. The van der Waals surface area contributed by atoms with Crippen molar-refractivity contribution in [1.29, 1.82) is 0 Å². The van der Waals surface area contributed by atoms with Crippen molar-refractivity contribution in [3.63, 3.8) is 0 Å². The third kappa shape index (κ3) is 8.24. The lowest BCUT2D eigenvalue weighted by Gasteiger charge is -2.36. The molecule has 2 amide bonds. The van der Waals surface area contributed by atoms with Gasteiger partial charge in [0.25, 0.3) is 0 Å². The van der Waals surface area contributed by atoms with Gasteiger partial charge in [0.05, 0.1) is 25.6 Å². The van der Waals surface area contributed by atoms with Gasteiger partial charge in [-0.05, 0) is 48.2 Å². The Balaban J connectivity index is 1.42. The largest absolute Gasteiger partial charge is 0.394 e. The molecule has 0 aliphatic carbocycles. The summed E-state index contributed by atoms with van der Waals surface area (Å²) in [4.78, 5) is 14.4. The van der Waals surface area contributed by atoms with Crippen LogP contribution in [0, 0.1) is 5.82 Å². The monoisotopic (exact) mass is 522 g/mol. The Morgan fingerprint density at radius 3 is 2.50 bits per heavy atom. The molecule has 0 saturated carbocycles. The van der Waals surface area contributed by atoms with Crippen LogP contribution in [0.2, 0.25) is 0 Å². The van der Waals surface area contributed by atoms with Crippen molar-refractivity contribution in [2.75, 3.05) is 64.1 Å². The molecule has 3 rings (SSSR count). The minimum atomic E-state index is -3.38. The lowest BCUT2D eigenvalue weighted by atomic mass is 10.1. The van der Waals surface area contributed by atoms with E-state index in [0.29, 0.717) is 51.3 Å². The van der Waals surface area contributed by atoms with Crippen molar-refractivity contribution in [2.24, 2.45) is 0 Å². The van der Waals surface area contributed by atoms with E-state index in [-0.39, 0.29) is 36.9 Å². The summed E-state index contributed by atoms with van der Waals surface area (Å²) in [5, 5.41) is 14.6. The number of ether oxygens (including phenoxy) is 1. The summed E-state index contributed by atoms with van der Waals surface area (Å²) < 4.78 is 45.3. The molecule has 0 bridgehead atoms. The van der Waals surface area contributed by atoms with E-state index < -0.39 is 10.0 Å². The molecule has 3 N–H and O–H groups in total. The first-order valence-electron chi connectivity index (χ1n) is 12.1. The smallest absolute Gasteiger partial charge is 0.321 e. The molecular formula is C25H35FN4O5S. The van der Waals surface area contributed by atoms with E-state index in [1.807, 2.05) is 18.2 Å². The zero-order chi connectivity index (χ0) is 26.0. The second-order valence-corrected chi connectivity index (χ2v) is 10.7. The number of aliphatic hydroxyl groups excluding tert-OH is 1. The summed E-state index contributed by atoms with van der Waals surface area (Å²) in [6.07, 6.45) is 1.12. The van der Waals surface area contributed by atoms with Gasteiger partial charge in [-0.15, -0.1) is 0 Å². The fraction of sp³-hybridized carbons (Fsp3) is 0.480. The Morgan fingerprint density at radius 1 is 1.11 bits per heavy atom. The molecule has 2 aromatic rings. The van der Waals surface area contributed by atoms with Gasteiger partial charge in [0, 0.05) is 45.0 Å². The van der Waals surface area contributed by atoms with E-state index in [1.54, 1.807) is 30.1 Å². The zero-order valence-electron chi connectivity index (χ0n) is 20.5. The molecular weight excluding hydrogens is 487 g/mol. The van der Waals surface area contributed by atoms with Crippen LogP contribution in [0.3, 0.4) is 0 Å². The number of halogens is 1. The van der Waals surface area contributed by atoms with E-state index in [2.05, 4.69) is 10.6 Å². The van der Waals surface area contributed by atoms with Crippen LogP contribution < -0.4 is 10.6 Å². The fourth-order valence-electron chi connectivity index (χ4n) is 4.07. The maximum atomic E-state index is 13.5. The van der Waals surface area contributed by atoms with E-state index in [0.717, 1.165) is 11.1 Å². The van der Waals surface area contributed by atoms with Crippen LogP contribution in [-0.4, -0.2) is 93.6 Å². The highest BCUT2D eigenvalue weighted by Crippen LogP contribution is 2.23.